The number of carboxylic acids is 1. The minimum atomic E-state index is -1.18. The third-order valence-corrected chi connectivity index (χ3v) is 8.42. The van der Waals surface area contributed by atoms with Crippen LogP contribution in [0.2, 0.25) is 0 Å². The summed E-state index contributed by atoms with van der Waals surface area (Å²) in [6, 6.07) is 13.2. The molecule has 2 aliphatic rings. The molecule has 0 bridgehead atoms. The van der Waals surface area contributed by atoms with Crippen LogP contribution >= 0.6 is 0 Å². The van der Waals surface area contributed by atoms with E-state index in [0.717, 1.165) is 21.7 Å². The molecule has 44 heavy (non-hydrogen) atoms. The van der Waals surface area contributed by atoms with Gasteiger partial charge in [-0.05, 0) is 62.1 Å². The maximum absolute atomic E-state index is 14.4. The number of hydrogen-bond donors (Lipinski definition) is 1. The molecular weight excluding hydrogens is 562 g/mol. The molecule has 224 valence electrons. The molecule has 1 N–H and O–H groups in total. The smallest absolute Gasteiger partial charge is 0.338 e. The fourth-order valence-corrected chi connectivity index (χ4v) is 6.05. The van der Waals surface area contributed by atoms with Gasteiger partial charge in [0.15, 0.2) is 0 Å². The zero-order chi connectivity index (χ0) is 31.0. The highest BCUT2D eigenvalue weighted by Crippen LogP contribution is 2.42. The molecule has 3 amide bonds. The minimum Gasteiger partial charge on any atom is -0.481 e. The number of amides is 3. The van der Waals surface area contributed by atoms with Crippen molar-refractivity contribution in [2.24, 2.45) is 0 Å². The van der Waals surface area contributed by atoms with E-state index in [0.29, 0.717) is 43.7 Å². The van der Waals surface area contributed by atoms with E-state index in [-0.39, 0.29) is 28.9 Å². The summed E-state index contributed by atoms with van der Waals surface area (Å²) >= 11 is 0. The Morgan fingerprint density at radius 2 is 1.75 bits per heavy atom. The maximum Gasteiger partial charge on any atom is 0.338 e. The van der Waals surface area contributed by atoms with Crippen LogP contribution in [0, 0.1) is 13.8 Å². The number of nitrogens with zero attached hydrogens (tertiary/aromatic N) is 7. The van der Waals surface area contributed by atoms with Crippen molar-refractivity contribution in [3.05, 3.63) is 89.6 Å². The van der Waals surface area contributed by atoms with Gasteiger partial charge >= 0.3 is 12.0 Å². The predicted octanol–water partition coefficient (Wildman–Crippen LogP) is 4.27. The fourth-order valence-electron chi connectivity index (χ4n) is 6.05. The van der Waals surface area contributed by atoms with Crippen molar-refractivity contribution in [1.29, 1.82) is 0 Å². The van der Waals surface area contributed by atoms with Gasteiger partial charge in [-0.1, -0.05) is 18.2 Å². The standard InChI is InChI=1S/C32H31N7O5/c1-20-7-5-13-33-25(20)18-37-14-11-32(12-15-37)30(42)38(31(43)39(32)26-16-27(44-3)36-19-35-26)22-9-10-24(34-17-22)28-21(2)6-4-8-23(28)29(40)41/h4-10,13,16-17,19H,11-12,14-15,18H2,1-3H3,(H,40,41). The van der Waals surface area contributed by atoms with Crippen LogP contribution in [0.5, 0.6) is 5.88 Å². The molecule has 5 heterocycles. The number of aryl methyl sites for hydroxylation is 2. The number of urea groups is 1. The van der Waals surface area contributed by atoms with Crippen molar-refractivity contribution in [1.82, 2.24) is 24.8 Å². The van der Waals surface area contributed by atoms with Crippen molar-refractivity contribution in [3.63, 3.8) is 0 Å². The van der Waals surface area contributed by atoms with Crippen LogP contribution in [0.15, 0.2) is 67.3 Å². The molecule has 0 saturated carbocycles. The molecule has 1 aromatic carbocycles. The van der Waals surface area contributed by atoms with Crippen molar-refractivity contribution in [2.45, 2.75) is 38.8 Å². The Morgan fingerprint density at radius 1 is 0.977 bits per heavy atom. The largest absolute Gasteiger partial charge is 0.481 e. The molecule has 2 saturated heterocycles. The normalized spacial score (nSPS) is 16.5. The zero-order valence-corrected chi connectivity index (χ0v) is 24.6. The molecule has 4 aromatic rings. The number of anilines is 2. The van der Waals surface area contributed by atoms with E-state index < -0.39 is 17.5 Å². The maximum atomic E-state index is 14.4. The number of hydrogen-bond acceptors (Lipinski definition) is 9. The summed E-state index contributed by atoms with van der Waals surface area (Å²) in [4.78, 5) is 62.7. The Bertz CT molecular complexity index is 1750. The second-order valence-electron chi connectivity index (χ2n) is 11.0. The van der Waals surface area contributed by atoms with Crippen LogP contribution in [0.4, 0.5) is 16.3 Å². The Hall–Kier alpha value is -5.23. The molecule has 2 aliphatic heterocycles. The summed E-state index contributed by atoms with van der Waals surface area (Å²) in [5.41, 5.74) is 2.93. The number of likely N-dealkylation sites (tertiary alicyclic amines) is 1. The molecule has 0 unspecified atom stereocenters. The summed E-state index contributed by atoms with van der Waals surface area (Å²) in [7, 11) is 1.47. The van der Waals surface area contributed by atoms with Crippen molar-refractivity contribution in [2.75, 3.05) is 30.0 Å². The third kappa shape index (κ3) is 4.92. The number of rotatable bonds is 7. The first-order valence-corrected chi connectivity index (χ1v) is 14.2. The van der Waals surface area contributed by atoms with Crippen LogP contribution in [0.25, 0.3) is 11.3 Å². The highest BCUT2D eigenvalue weighted by atomic mass is 16.5. The van der Waals surface area contributed by atoms with Gasteiger partial charge in [-0.25, -0.2) is 24.5 Å². The van der Waals surface area contributed by atoms with Crippen LogP contribution in [0.1, 0.15) is 40.0 Å². The number of benzene rings is 1. The third-order valence-electron chi connectivity index (χ3n) is 8.42. The van der Waals surface area contributed by atoms with Crippen LogP contribution in [0.3, 0.4) is 0 Å². The summed E-state index contributed by atoms with van der Waals surface area (Å²) in [5, 5.41) is 9.72. The quantitative estimate of drug-likeness (QED) is 0.309. The summed E-state index contributed by atoms with van der Waals surface area (Å²) in [6.45, 7) is 5.59. The second kappa shape index (κ2) is 11.5. The van der Waals surface area contributed by atoms with Gasteiger partial charge in [-0.15, -0.1) is 0 Å². The summed E-state index contributed by atoms with van der Waals surface area (Å²) in [6.07, 6.45) is 5.27. The van der Waals surface area contributed by atoms with E-state index in [2.05, 4.69) is 24.8 Å². The lowest BCUT2D eigenvalue weighted by Crippen LogP contribution is -2.57. The Balaban J connectivity index is 1.34. The topological polar surface area (TPSA) is 142 Å². The van der Waals surface area contributed by atoms with Gasteiger partial charge in [0.05, 0.1) is 35.9 Å². The van der Waals surface area contributed by atoms with Crippen molar-refractivity contribution < 1.29 is 24.2 Å². The van der Waals surface area contributed by atoms with E-state index >= 15 is 0 Å². The van der Waals surface area contributed by atoms with Crippen molar-refractivity contribution in [3.8, 4) is 17.1 Å². The number of ether oxygens (including phenoxy) is 1. The number of pyridine rings is 2. The van der Waals surface area contributed by atoms with Gasteiger partial charge in [0, 0.05) is 37.5 Å². The molecule has 1 spiro atoms. The number of piperidine rings is 1. The number of aromatic carboxylic acids is 1. The number of methoxy groups -OCH3 is 1. The van der Waals surface area contributed by atoms with E-state index in [1.807, 2.05) is 32.0 Å². The van der Waals surface area contributed by atoms with Gasteiger partial charge in [-0.3, -0.25) is 24.6 Å². The van der Waals surface area contributed by atoms with E-state index in [9.17, 15) is 19.5 Å². The molecule has 6 rings (SSSR count). The number of carbonyl (C=O) groups is 3. The number of carboxylic acid groups (broad SMARTS) is 1. The lowest BCUT2D eigenvalue weighted by atomic mass is 9.85. The lowest BCUT2D eigenvalue weighted by Gasteiger charge is -2.41. The molecule has 12 nitrogen and oxygen atoms in total. The Morgan fingerprint density at radius 3 is 2.43 bits per heavy atom. The van der Waals surface area contributed by atoms with E-state index in [1.54, 1.807) is 30.5 Å². The van der Waals surface area contributed by atoms with Gasteiger partial charge in [-0.2, -0.15) is 0 Å². The number of carbonyl (C=O) groups excluding carboxylic acids is 2. The Kier molecular flexibility index (Phi) is 7.52. The van der Waals surface area contributed by atoms with Crippen LogP contribution in [-0.2, 0) is 11.3 Å². The first-order valence-electron chi connectivity index (χ1n) is 14.2. The predicted molar refractivity (Wildman–Crippen MR) is 162 cm³/mol. The van der Waals surface area contributed by atoms with Gasteiger partial charge in [0.1, 0.15) is 17.7 Å². The summed E-state index contributed by atoms with van der Waals surface area (Å²) in [5.74, 6) is -0.903. The van der Waals surface area contributed by atoms with Gasteiger partial charge < -0.3 is 9.84 Å². The molecule has 3 aromatic heterocycles. The van der Waals surface area contributed by atoms with Gasteiger partial charge in [0.25, 0.3) is 5.91 Å². The molecule has 0 aliphatic carbocycles. The first-order chi connectivity index (χ1) is 21.2. The van der Waals surface area contributed by atoms with Crippen LogP contribution < -0.4 is 14.5 Å². The highest BCUT2D eigenvalue weighted by Gasteiger charge is 2.59. The Labute approximate surface area is 254 Å². The molecular formula is C32H31N7O5. The summed E-state index contributed by atoms with van der Waals surface area (Å²) < 4.78 is 5.30. The first kappa shape index (κ1) is 28.9. The van der Waals surface area contributed by atoms with Crippen molar-refractivity contribution >= 4 is 29.4 Å². The van der Waals surface area contributed by atoms with E-state index in [1.165, 1.54) is 30.6 Å². The molecule has 12 heteroatoms. The lowest BCUT2D eigenvalue weighted by molar-refractivity contribution is -0.123. The second-order valence-corrected chi connectivity index (χ2v) is 11.0. The minimum absolute atomic E-state index is 0.120. The fraction of sp³-hybridized carbons (Fsp3) is 0.281. The SMILES string of the molecule is COc1cc(N2C(=O)N(c3ccc(-c4c(C)cccc4C(=O)O)nc3)C(=O)C23CCN(Cc2ncccc2C)CC3)ncn1. The highest BCUT2D eigenvalue weighted by molar-refractivity contribution is 6.30. The molecule has 0 atom stereocenters. The van der Waals surface area contributed by atoms with Crippen LogP contribution in [-0.4, -0.2) is 73.6 Å². The molecule has 0 radical (unpaired) electrons. The zero-order valence-electron chi connectivity index (χ0n) is 24.6. The number of imide groups is 1. The van der Waals surface area contributed by atoms with E-state index in [4.69, 9.17) is 4.74 Å². The van der Waals surface area contributed by atoms with Gasteiger partial charge in [0.2, 0.25) is 5.88 Å². The average Bonchev–Trinajstić information content (AvgIpc) is 3.24. The molecule has 2 fully saturated rings. The number of aromatic nitrogens is 4. The monoisotopic (exact) mass is 593 g/mol. The average molecular weight is 594 g/mol.